The maximum atomic E-state index is 13.3. The number of carbonyl (C=O) groups is 6. The van der Waals surface area contributed by atoms with Crippen LogP contribution in [0.5, 0.6) is 0 Å². The van der Waals surface area contributed by atoms with Gasteiger partial charge in [-0.25, -0.2) is 4.79 Å². The van der Waals surface area contributed by atoms with E-state index in [1.165, 1.54) is 0 Å². The van der Waals surface area contributed by atoms with E-state index < -0.39 is 78.4 Å². The minimum Gasteiger partial charge on any atom is -0.480 e. The summed E-state index contributed by atoms with van der Waals surface area (Å²) in [6, 6.07) is 1.81. The highest BCUT2D eigenvalue weighted by Crippen LogP contribution is 2.19. The number of hydrogen-bond donors (Lipinski definition) is 8. The monoisotopic (exact) mass is 545 g/mol. The second-order valence-corrected chi connectivity index (χ2v) is 9.34. The highest BCUT2D eigenvalue weighted by atomic mass is 16.4. The minimum absolute atomic E-state index is 0.0488. The standard InChI is InChI=1S/C25H35N7O7/c1-3-12(2)21(25(38)39)32-24(37)17(8-13-11-29-16-7-5-4-6-14(13)16)31-23(36)18(10-20(28)34)30-22(35)15(26)9-19(27)33/h4-7,11-12,15,17-18,21,29H,3,8-10,26H2,1-2H3,(H2,27,33)(H2,28,34)(H,30,35)(H,31,36)(H,32,37)(H,38,39). The third-order valence-corrected chi connectivity index (χ3v) is 6.30. The molecule has 2 rings (SSSR count). The molecule has 212 valence electrons. The molecule has 0 bridgehead atoms. The number of benzene rings is 1. The van der Waals surface area contributed by atoms with Crippen LogP contribution >= 0.6 is 0 Å². The molecule has 0 saturated heterocycles. The molecule has 0 aliphatic heterocycles. The van der Waals surface area contributed by atoms with Gasteiger partial charge in [0.25, 0.3) is 0 Å². The summed E-state index contributed by atoms with van der Waals surface area (Å²) in [6.07, 6.45) is 0.940. The predicted octanol–water partition coefficient (Wildman–Crippen LogP) is -1.63. The molecule has 0 saturated carbocycles. The first-order chi connectivity index (χ1) is 18.3. The number of carboxylic acids is 1. The van der Waals surface area contributed by atoms with Crippen molar-refractivity contribution >= 4 is 46.4 Å². The average Bonchev–Trinajstić information content (AvgIpc) is 3.27. The van der Waals surface area contributed by atoms with Gasteiger partial charge in [-0.2, -0.15) is 0 Å². The van der Waals surface area contributed by atoms with Crippen molar-refractivity contribution in [3.63, 3.8) is 0 Å². The van der Waals surface area contributed by atoms with Gasteiger partial charge >= 0.3 is 5.97 Å². The molecule has 0 aliphatic rings. The molecule has 1 aromatic heterocycles. The van der Waals surface area contributed by atoms with Crippen LogP contribution in [0.1, 0.15) is 38.7 Å². The quantitative estimate of drug-likeness (QED) is 0.129. The van der Waals surface area contributed by atoms with Crippen LogP contribution in [0.25, 0.3) is 10.9 Å². The zero-order valence-corrected chi connectivity index (χ0v) is 21.7. The number of aromatic amines is 1. The number of aromatic nitrogens is 1. The highest BCUT2D eigenvalue weighted by molar-refractivity contribution is 5.97. The van der Waals surface area contributed by atoms with Crippen molar-refractivity contribution in [3.05, 3.63) is 36.0 Å². The SMILES string of the molecule is CCC(C)C(NC(=O)C(Cc1c[nH]c2ccccc12)NC(=O)C(CC(N)=O)NC(=O)C(N)CC(N)=O)C(=O)O. The number of H-pyrrole nitrogens is 1. The normalized spacial score (nSPS) is 14.8. The van der Waals surface area contributed by atoms with E-state index in [0.29, 0.717) is 12.0 Å². The third-order valence-electron chi connectivity index (χ3n) is 6.30. The van der Waals surface area contributed by atoms with Crippen LogP contribution in [0.3, 0.4) is 0 Å². The molecule has 11 N–H and O–H groups in total. The van der Waals surface area contributed by atoms with Crippen molar-refractivity contribution in [1.29, 1.82) is 0 Å². The van der Waals surface area contributed by atoms with Crippen LogP contribution in [0, 0.1) is 5.92 Å². The molecule has 1 aromatic carbocycles. The molecule has 5 amide bonds. The Morgan fingerprint density at radius 1 is 0.897 bits per heavy atom. The lowest BCUT2D eigenvalue weighted by Gasteiger charge is -2.26. The zero-order chi connectivity index (χ0) is 29.3. The first-order valence-electron chi connectivity index (χ1n) is 12.3. The number of para-hydroxylation sites is 1. The molecule has 14 heteroatoms. The third kappa shape index (κ3) is 8.81. The Hall–Kier alpha value is -4.46. The molecule has 1 heterocycles. The topological polar surface area (TPSA) is 253 Å². The number of carboxylic acid groups (broad SMARTS) is 1. The second-order valence-electron chi connectivity index (χ2n) is 9.34. The van der Waals surface area contributed by atoms with Crippen molar-refractivity contribution in [2.45, 2.75) is 63.7 Å². The molecule has 5 unspecified atom stereocenters. The highest BCUT2D eigenvalue weighted by Gasteiger charge is 2.33. The lowest BCUT2D eigenvalue weighted by atomic mass is 9.98. The first kappa shape index (κ1) is 30.8. The van der Waals surface area contributed by atoms with Gasteiger partial charge in [-0.1, -0.05) is 38.5 Å². The molecule has 2 aromatic rings. The van der Waals surface area contributed by atoms with Crippen LogP contribution in [0.2, 0.25) is 0 Å². The van der Waals surface area contributed by atoms with Gasteiger partial charge in [0.2, 0.25) is 29.5 Å². The smallest absolute Gasteiger partial charge is 0.326 e. The number of amides is 5. The van der Waals surface area contributed by atoms with Crippen molar-refractivity contribution in [2.24, 2.45) is 23.1 Å². The summed E-state index contributed by atoms with van der Waals surface area (Å²) in [5.74, 6) is -6.09. The number of nitrogens with two attached hydrogens (primary N) is 3. The molecule has 14 nitrogen and oxygen atoms in total. The van der Waals surface area contributed by atoms with Crippen LogP contribution in [-0.4, -0.2) is 69.8 Å². The number of nitrogens with one attached hydrogen (secondary N) is 4. The van der Waals surface area contributed by atoms with Gasteiger partial charge in [0.05, 0.1) is 18.9 Å². The van der Waals surface area contributed by atoms with E-state index in [2.05, 4.69) is 20.9 Å². The van der Waals surface area contributed by atoms with E-state index in [0.717, 1.165) is 10.9 Å². The van der Waals surface area contributed by atoms with Gasteiger partial charge in [0, 0.05) is 23.5 Å². The van der Waals surface area contributed by atoms with Crippen LogP contribution in [0.15, 0.2) is 30.5 Å². The molecule has 0 aliphatic carbocycles. The fourth-order valence-corrected chi connectivity index (χ4v) is 3.94. The maximum Gasteiger partial charge on any atom is 0.326 e. The van der Waals surface area contributed by atoms with Crippen LogP contribution < -0.4 is 33.2 Å². The van der Waals surface area contributed by atoms with Gasteiger partial charge < -0.3 is 43.2 Å². The lowest BCUT2D eigenvalue weighted by molar-refractivity contribution is -0.144. The van der Waals surface area contributed by atoms with Crippen molar-refractivity contribution in [1.82, 2.24) is 20.9 Å². The summed E-state index contributed by atoms with van der Waals surface area (Å²) < 4.78 is 0. The summed E-state index contributed by atoms with van der Waals surface area (Å²) in [7, 11) is 0. The number of aliphatic carboxylic acids is 1. The fourth-order valence-electron chi connectivity index (χ4n) is 3.94. The van der Waals surface area contributed by atoms with Gasteiger partial charge in [-0.3, -0.25) is 24.0 Å². The molecule has 0 fully saturated rings. The van der Waals surface area contributed by atoms with Crippen LogP contribution in [0.4, 0.5) is 0 Å². The van der Waals surface area contributed by atoms with E-state index >= 15 is 0 Å². The van der Waals surface area contributed by atoms with E-state index in [4.69, 9.17) is 17.2 Å². The maximum absolute atomic E-state index is 13.3. The van der Waals surface area contributed by atoms with Gasteiger partial charge in [-0.15, -0.1) is 0 Å². The summed E-state index contributed by atoms with van der Waals surface area (Å²) in [4.78, 5) is 76.5. The number of hydrogen-bond acceptors (Lipinski definition) is 7. The molecular weight excluding hydrogens is 510 g/mol. The van der Waals surface area contributed by atoms with Gasteiger partial charge in [0.15, 0.2) is 0 Å². The number of carbonyl (C=O) groups excluding carboxylic acids is 5. The molecular formula is C25H35N7O7. The Balaban J connectivity index is 2.35. The summed E-state index contributed by atoms with van der Waals surface area (Å²) >= 11 is 0. The van der Waals surface area contributed by atoms with E-state index in [-0.39, 0.29) is 6.42 Å². The van der Waals surface area contributed by atoms with Crippen molar-refractivity contribution < 1.29 is 33.9 Å². The molecule has 5 atom stereocenters. The fraction of sp³-hybridized carbons (Fsp3) is 0.440. The van der Waals surface area contributed by atoms with E-state index in [1.54, 1.807) is 26.1 Å². The lowest BCUT2D eigenvalue weighted by Crippen LogP contribution is -2.59. The predicted molar refractivity (Wildman–Crippen MR) is 140 cm³/mol. The summed E-state index contributed by atoms with van der Waals surface area (Å²) in [6.45, 7) is 3.44. The Morgan fingerprint density at radius 2 is 1.49 bits per heavy atom. The molecule has 0 radical (unpaired) electrons. The molecule has 39 heavy (non-hydrogen) atoms. The zero-order valence-electron chi connectivity index (χ0n) is 21.7. The average molecular weight is 546 g/mol. The Labute approximate surface area is 224 Å². The van der Waals surface area contributed by atoms with E-state index in [1.807, 2.05) is 18.2 Å². The van der Waals surface area contributed by atoms with E-state index in [9.17, 15) is 33.9 Å². The van der Waals surface area contributed by atoms with Gasteiger partial charge in [0.1, 0.15) is 18.1 Å². The number of primary amides is 2. The number of rotatable bonds is 15. The van der Waals surface area contributed by atoms with Crippen molar-refractivity contribution in [2.75, 3.05) is 0 Å². The van der Waals surface area contributed by atoms with Crippen LogP contribution in [-0.2, 0) is 35.2 Å². The second kappa shape index (κ2) is 13.9. The van der Waals surface area contributed by atoms with Crippen molar-refractivity contribution in [3.8, 4) is 0 Å². The largest absolute Gasteiger partial charge is 0.480 e. The Kier molecular flexibility index (Phi) is 11.0. The minimum atomic E-state index is -1.53. The first-order valence-corrected chi connectivity index (χ1v) is 12.3. The molecule has 0 spiro atoms. The Morgan fingerprint density at radius 3 is 2.08 bits per heavy atom. The van der Waals surface area contributed by atoms with Gasteiger partial charge in [-0.05, 0) is 17.5 Å². The number of fused-ring (bicyclic) bond motifs is 1. The summed E-state index contributed by atoms with van der Waals surface area (Å²) in [5.41, 5.74) is 17.4. The summed E-state index contributed by atoms with van der Waals surface area (Å²) in [5, 5.41) is 17.6. The Bertz CT molecular complexity index is 1230.